The molecule has 110 valence electrons. The van der Waals surface area contributed by atoms with Crippen LogP contribution in [-0.4, -0.2) is 33.2 Å². The summed E-state index contributed by atoms with van der Waals surface area (Å²) in [7, 11) is 0. The smallest absolute Gasteiger partial charge is 0.253 e. The summed E-state index contributed by atoms with van der Waals surface area (Å²) >= 11 is 5.99. The van der Waals surface area contributed by atoms with Crippen LogP contribution in [0.25, 0.3) is 0 Å². The maximum Gasteiger partial charge on any atom is 0.253 e. The number of pyridine rings is 1. The van der Waals surface area contributed by atoms with Crippen LogP contribution in [0.3, 0.4) is 0 Å². The van der Waals surface area contributed by atoms with Crippen LogP contribution >= 0.6 is 11.6 Å². The number of hydrogen-bond acceptors (Lipinski definition) is 4. The van der Waals surface area contributed by atoms with E-state index in [0.29, 0.717) is 16.3 Å². The number of nitrogens with zero attached hydrogens (tertiary/aromatic N) is 2. The van der Waals surface area contributed by atoms with E-state index >= 15 is 0 Å². The molecule has 0 aromatic carbocycles. The molecule has 0 spiro atoms. The monoisotopic (exact) mass is 306 g/mol. The van der Waals surface area contributed by atoms with E-state index in [4.69, 9.17) is 16.3 Å². The van der Waals surface area contributed by atoms with Gasteiger partial charge < -0.3 is 10.1 Å². The van der Waals surface area contributed by atoms with Crippen molar-refractivity contribution in [2.75, 3.05) is 0 Å². The molecule has 0 saturated heterocycles. The highest BCUT2D eigenvalue weighted by Crippen LogP contribution is 2.25. The number of hydrogen-bond donors (Lipinski definition) is 2. The summed E-state index contributed by atoms with van der Waals surface area (Å²) in [6.07, 6.45) is 9.08. The molecule has 2 atom stereocenters. The number of carbonyl (C=O) groups excluding carboxylic acids is 1. The molecule has 0 unspecified atom stereocenters. The zero-order valence-electron chi connectivity index (χ0n) is 11.3. The molecule has 0 bridgehead atoms. The van der Waals surface area contributed by atoms with E-state index in [2.05, 4.69) is 20.5 Å². The molecule has 0 aliphatic heterocycles. The van der Waals surface area contributed by atoms with Crippen molar-refractivity contribution in [3.05, 3.63) is 41.4 Å². The number of ether oxygens (including phenoxy) is 1. The quantitative estimate of drug-likeness (QED) is 0.907. The summed E-state index contributed by atoms with van der Waals surface area (Å²) in [6.45, 7) is 0. The van der Waals surface area contributed by atoms with Crippen LogP contribution in [0.5, 0.6) is 5.75 Å². The van der Waals surface area contributed by atoms with Gasteiger partial charge in [-0.25, -0.2) is 0 Å². The Balaban J connectivity index is 1.66. The van der Waals surface area contributed by atoms with Gasteiger partial charge in [0.05, 0.1) is 29.0 Å². The fourth-order valence-corrected chi connectivity index (χ4v) is 2.72. The molecule has 21 heavy (non-hydrogen) atoms. The Bertz CT molecular complexity index is 617. The van der Waals surface area contributed by atoms with E-state index in [1.807, 2.05) is 0 Å². The molecule has 1 aliphatic carbocycles. The molecule has 1 fully saturated rings. The summed E-state index contributed by atoms with van der Waals surface area (Å²) in [6, 6.07) is 1.58. The van der Waals surface area contributed by atoms with Gasteiger partial charge in [0.2, 0.25) is 0 Å². The highest BCUT2D eigenvalue weighted by Gasteiger charge is 2.31. The van der Waals surface area contributed by atoms with Gasteiger partial charge in [0.25, 0.3) is 5.91 Å². The molecule has 2 aromatic rings. The lowest BCUT2D eigenvalue weighted by Gasteiger charge is -2.21. The van der Waals surface area contributed by atoms with Crippen LogP contribution in [0, 0.1) is 0 Å². The van der Waals surface area contributed by atoms with Gasteiger partial charge in [-0.1, -0.05) is 11.6 Å². The Morgan fingerprint density at radius 2 is 2.33 bits per heavy atom. The lowest BCUT2D eigenvalue weighted by molar-refractivity contribution is 0.0894. The minimum absolute atomic E-state index is 0.0309. The summed E-state index contributed by atoms with van der Waals surface area (Å²) in [5.74, 6) is 0.484. The van der Waals surface area contributed by atoms with Crippen molar-refractivity contribution in [1.82, 2.24) is 20.5 Å². The van der Waals surface area contributed by atoms with Crippen LogP contribution in [0.1, 0.15) is 29.6 Å². The second-order valence-corrected chi connectivity index (χ2v) is 5.36. The second kappa shape index (κ2) is 6.13. The molecular formula is C14H15ClN4O2. The van der Waals surface area contributed by atoms with Gasteiger partial charge in [0, 0.05) is 12.4 Å². The Hall–Kier alpha value is -2.08. The zero-order valence-corrected chi connectivity index (χ0v) is 12.0. The van der Waals surface area contributed by atoms with E-state index in [9.17, 15) is 4.79 Å². The third kappa shape index (κ3) is 3.16. The van der Waals surface area contributed by atoms with Gasteiger partial charge in [-0.05, 0) is 25.3 Å². The average molecular weight is 307 g/mol. The third-order valence-corrected chi connectivity index (χ3v) is 3.85. The van der Waals surface area contributed by atoms with Crippen molar-refractivity contribution < 1.29 is 9.53 Å². The fourth-order valence-electron chi connectivity index (χ4n) is 2.52. The summed E-state index contributed by atoms with van der Waals surface area (Å²) in [5, 5.41) is 9.89. The number of aromatic amines is 1. The molecule has 2 heterocycles. The van der Waals surface area contributed by atoms with Crippen molar-refractivity contribution in [3.63, 3.8) is 0 Å². The summed E-state index contributed by atoms with van der Waals surface area (Å²) in [5.41, 5.74) is 0.431. The van der Waals surface area contributed by atoms with Crippen LogP contribution in [0.4, 0.5) is 0 Å². The van der Waals surface area contributed by atoms with E-state index in [-0.39, 0.29) is 18.1 Å². The van der Waals surface area contributed by atoms with Crippen LogP contribution in [0.2, 0.25) is 5.02 Å². The molecular weight excluding hydrogens is 292 g/mol. The number of aromatic nitrogens is 3. The molecule has 1 amide bonds. The normalized spacial score (nSPS) is 21.2. The number of H-pyrrole nitrogens is 1. The summed E-state index contributed by atoms with van der Waals surface area (Å²) < 4.78 is 5.84. The lowest BCUT2D eigenvalue weighted by atomic mass is 10.2. The number of rotatable bonds is 4. The van der Waals surface area contributed by atoms with Gasteiger partial charge in [-0.3, -0.25) is 14.9 Å². The molecule has 3 rings (SSSR count). The summed E-state index contributed by atoms with van der Waals surface area (Å²) in [4.78, 5) is 16.1. The first kappa shape index (κ1) is 13.9. The standard InChI is InChI=1S/C14H15ClN4O2/c15-11-8-16-5-4-10(11)14(20)19-12-2-1-3-13(12)21-9-6-17-18-7-9/h4-8,12-13H,1-3H2,(H,17,18)(H,19,20)/t12-,13+/m0/s1. The minimum atomic E-state index is -0.199. The van der Waals surface area contributed by atoms with Crippen LogP contribution in [0.15, 0.2) is 30.9 Å². The molecule has 6 nitrogen and oxygen atoms in total. The van der Waals surface area contributed by atoms with E-state index in [0.717, 1.165) is 19.3 Å². The Morgan fingerprint density at radius 1 is 1.43 bits per heavy atom. The lowest BCUT2D eigenvalue weighted by Crippen LogP contribution is -2.42. The molecule has 2 N–H and O–H groups in total. The predicted molar refractivity (Wildman–Crippen MR) is 77.4 cm³/mol. The largest absolute Gasteiger partial charge is 0.485 e. The highest BCUT2D eigenvalue weighted by atomic mass is 35.5. The van der Waals surface area contributed by atoms with Gasteiger partial charge in [0.1, 0.15) is 6.10 Å². The number of halogens is 1. The van der Waals surface area contributed by atoms with Gasteiger partial charge in [-0.15, -0.1) is 0 Å². The Kier molecular flexibility index (Phi) is 4.06. The number of amides is 1. The average Bonchev–Trinajstić information content (AvgIpc) is 3.12. The van der Waals surface area contributed by atoms with Crippen LogP contribution < -0.4 is 10.1 Å². The van der Waals surface area contributed by atoms with Crippen molar-refractivity contribution in [2.24, 2.45) is 0 Å². The second-order valence-electron chi connectivity index (χ2n) is 4.96. The minimum Gasteiger partial charge on any atom is -0.485 e. The van der Waals surface area contributed by atoms with Crippen molar-refractivity contribution in [2.45, 2.75) is 31.4 Å². The van der Waals surface area contributed by atoms with Crippen molar-refractivity contribution in [1.29, 1.82) is 0 Å². The predicted octanol–water partition coefficient (Wildman–Crippen LogP) is 2.19. The third-order valence-electron chi connectivity index (χ3n) is 3.55. The Labute approximate surface area is 126 Å². The van der Waals surface area contributed by atoms with Gasteiger partial charge >= 0.3 is 0 Å². The molecule has 1 aliphatic rings. The molecule has 7 heteroatoms. The fraction of sp³-hybridized carbons (Fsp3) is 0.357. The first-order valence-electron chi connectivity index (χ1n) is 6.80. The van der Waals surface area contributed by atoms with E-state index in [1.54, 1.807) is 24.7 Å². The first-order chi connectivity index (χ1) is 10.2. The Morgan fingerprint density at radius 3 is 3.10 bits per heavy atom. The highest BCUT2D eigenvalue weighted by molar-refractivity contribution is 6.33. The van der Waals surface area contributed by atoms with Crippen molar-refractivity contribution >= 4 is 17.5 Å². The molecule has 2 aromatic heterocycles. The zero-order chi connectivity index (χ0) is 14.7. The topological polar surface area (TPSA) is 79.9 Å². The first-order valence-corrected chi connectivity index (χ1v) is 7.17. The van der Waals surface area contributed by atoms with Gasteiger partial charge in [-0.2, -0.15) is 5.10 Å². The van der Waals surface area contributed by atoms with Crippen LogP contribution in [-0.2, 0) is 0 Å². The number of carbonyl (C=O) groups is 1. The van der Waals surface area contributed by atoms with Crippen molar-refractivity contribution in [3.8, 4) is 5.75 Å². The molecule has 1 saturated carbocycles. The maximum absolute atomic E-state index is 12.3. The van der Waals surface area contributed by atoms with Gasteiger partial charge in [0.15, 0.2) is 5.75 Å². The number of nitrogens with one attached hydrogen (secondary N) is 2. The molecule has 0 radical (unpaired) electrons. The SMILES string of the molecule is O=C(N[C@H]1CCC[C@H]1Oc1cn[nH]c1)c1ccncc1Cl. The maximum atomic E-state index is 12.3. The van der Waals surface area contributed by atoms with E-state index < -0.39 is 0 Å². The van der Waals surface area contributed by atoms with E-state index in [1.165, 1.54) is 6.20 Å².